The molecule has 4 N–H and O–H groups in total. The van der Waals surface area contributed by atoms with Crippen molar-refractivity contribution in [3.8, 4) is 0 Å². The van der Waals surface area contributed by atoms with Gasteiger partial charge in [-0.15, -0.1) is 0 Å². The van der Waals surface area contributed by atoms with Gasteiger partial charge in [0, 0.05) is 21.7 Å². The summed E-state index contributed by atoms with van der Waals surface area (Å²) in [6, 6.07) is 3.43. The maximum Gasteiger partial charge on any atom is 0.188 e. The van der Waals surface area contributed by atoms with Crippen molar-refractivity contribution in [3.05, 3.63) is 0 Å². The van der Waals surface area contributed by atoms with Gasteiger partial charge >= 0.3 is 0 Å². The third-order valence-electron chi connectivity index (χ3n) is 4.76. The summed E-state index contributed by atoms with van der Waals surface area (Å²) in [7, 11) is -1.81. The molecule has 0 amide bonds. The monoisotopic (exact) mass is 486 g/mol. The molecule has 0 radical (unpaired) electrons. The molecule has 0 heterocycles. The van der Waals surface area contributed by atoms with Gasteiger partial charge in [0.25, 0.3) is 0 Å². The average molecular weight is 487 g/mol. The number of unbranched alkanes of at least 4 members (excludes halogenated alkanes) is 3. The Hall–Kier alpha value is 0.771. The molecule has 0 aliphatic rings. The molecule has 30 heavy (non-hydrogen) atoms. The number of rotatable bonds is 12. The average Bonchev–Trinajstić information content (AvgIpc) is 2.70. The second kappa shape index (κ2) is 32.0. The van der Waals surface area contributed by atoms with E-state index in [-0.39, 0.29) is 40.0 Å². The molecule has 0 saturated carbocycles. The molecular formula is C24H58O4SiTi. The Morgan fingerprint density at radius 1 is 0.533 bits per heavy atom. The van der Waals surface area contributed by atoms with Gasteiger partial charge in [0.2, 0.25) is 0 Å². The van der Waals surface area contributed by atoms with Crippen molar-refractivity contribution in [2.75, 3.05) is 0 Å². The van der Waals surface area contributed by atoms with E-state index in [1.165, 1.54) is 38.5 Å². The fourth-order valence-electron chi connectivity index (χ4n) is 1.89. The first-order valence-corrected chi connectivity index (χ1v) is 14.8. The van der Waals surface area contributed by atoms with Crippen LogP contribution in [0.25, 0.3) is 0 Å². The summed E-state index contributed by atoms with van der Waals surface area (Å²) in [4.78, 5) is 10.5. The maximum absolute atomic E-state index is 10.5. The summed E-state index contributed by atoms with van der Waals surface area (Å²) in [5.74, 6) is 0. The van der Waals surface area contributed by atoms with Crippen LogP contribution in [0.3, 0.4) is 0 Å². The minimum absolute atomic E-state index is 0. The SMILES string of the molecule is CCC(C)O.CCC(C)O.CCC(C)O.CCCC[Si](O)(CCCC)CCCC.[Ti]. The van der Waals surface area contributed by atoms with Crippen LogP contribution in [0.5, 0.6) is 0 Å². The third kappa shape index (κ3) is 46.8. The second-order valence-electron chi connectivity index (χ2n) is 8.31. The van der Waals surface area contributed by atoms with Crippen molar-refractivity contribution < 1.29 is 41.8 Å². The van der Waals surface area contributed by atoms with Gasteiger partial charge in [-0.05, 0) is 58.2 Å². The minimum Gasteiger partial charge on any atom is -0.432 e. The van der Waals surface area contributed by atoms with Crippen LogP contribution in [0.15, 0.2) is 0 Å². The van der Waals surface area contributed by atoms with Crippen LogP contribution in [0.4, 0.5) is 0 Å². The minimum atomic E-state index is -1.81. The first-order chi connectivity index (χ1) is 13.5. The number of aliphatic hydroxyl groups excluding tert-OH is 3. The van der Waals surface area contributed by atoms with E-state index in [1.54, 1.807) is 20.8 Å². The summed E-state index contributed by atoms with van der Waals surface area (Å²) < 4.78 is 0. The van der Waals surface area contributed by atoms with Gasteiger partial charge < -0.3 is 20.1 Å². The smallest absolute Gasteiger partial charge is 0.188 e. The Labute approximate surface area is 206 Å². The quantitative estimate of drug-likeness (QED) is 0.233. The van der Waals surface area contributed by atoms with E-state index in [2.05, 4.69) is 20.8 Å². The largest absolute Gasteiger partial charge is 0.432 e. The van der Waals surface area contributed by atoms with E-state index in [9.17, 15) is 4.80 Å². The van der Waals surface area contributed by atoms with Crippen molar-refractivity contribution in [3.63, 3.8) is 0 Å². The molecule has 0 spiro atoms. The van der Waals surface area contributed by atoms with Crippen LogP contribution in [0.2, 0.25) is 18.1 Å². The zero-order valence-electron chi connectivity index (χ0n) is 22.0. The predicted octanol–water partition coefficient (Wildman–Crippen LogP) is 6.65. The van der Waals surface area contributed by atoms with Gasteiger partial charge in [-0.3, -0.25) is 0 Å². The van der Waals surface area contributed by atoms with E-state index in [1.807, 2.05) is 20.8 Å². The van der Waals surface area contributed by atoms with E-state index < -0.39 is 8.32 Å². The summed E-state index contributed by atoms with van der Waals surface area (Å²) in [5, 5.41) is 25.1. The van der Waals surface area contributed by atoms with E-state index >= 15 is 0 Å². The summed E-state index contributed by atoms with van der Waals surface area (Å²) in [6.07, 6.45) is 9.62. The van der Waals surface area contributed by atoms with Crippen LogP contribution < -0.4 is 0 Å². The van der Waals surface area contributed by atoms with Crippen molar-refractivity contribution in [1.82, 2.24) is 0 Å². The molecular weight excluding hydrogens is 428 g/mol. The Balaban J connectivity index is -0.000000108. The molecule has 0 aliphatic heterocycles. The maximum atomic E-state index is 10.5. The van der Waals surface area contributed by atoms with Crippen molar-refractivity contribution in [2.24, 2.45) is 0 Å². The van der Waals surface area contributed by atoms with Crippen molar-refractivity contribution in [2.45, 2.75) is 157 Å². The van der Waals surface area contributed by atoms with E-state index in [4.69, 9.17) is 15.3 Å². The first-order valence-electron chi connectivity index (χ1n) is 12.3. The van der Waals surface area contributed by atoms with Gasteiger partial charge in [0.1, 0.15) is 0 Å². The van der Waals surface area contributed by atoms with E-state index in [0.717, 1.165) is 37.4 Å². The van der Waals surface area contributed by atoms with Crippen LogP contribution >= 0.6 is 0 Å². The molecule has 4 nitrogen and oxygen atoms in total. The van der Waals surface area contributed by atoms with E-state index in [0.29, 0.717) is 0 Å². The topological polar surface area (TPSA) is 80.9 Å². The van der Waals surface area contributed by atoms with Gasteiger partial charge in [-0.25, -0.2) is 0 Å². The Morgan fingerprint density at radius 3 is 0.800 bits per heavy atom. The summed E-state index contributed by atoms with van der Waals surface area (Å²) in [5.41, 5.74) is 0. The standard InChI is InChI=1S/C12H28OSi.3C4H10O.Ti/c1-4-7-10-14(13,11-8-5-2)12-9-6-3;3*1-3-4(2)5;/h13H,4-12H2,1-3H3;3*4-5H,3H2,1-2H3;. The molecule has 0 aromatic rings. The van der Waals surface area contributed by atoms with Crippen LogP contribution in [-0.2, 0) is 21.7 Å². The molecule has 186 valence electrons. The molecule has 0 aliphatic carbocycles. The molecule has 0 aromatic carbocycles. The molecule has 0 bridgehead atoms. The zero-order chi connectivity index (χ0) is 23.7. The number of hydrogen-bond acceptors (Lipinski definition) is 4. The van der Waals surface area contributed by atoms with Crippen molar-refractivity contribution >= 4 is 8.32 Å². The van der Waals surface area contributed by atoms with Gasteiger partial charge in [0.15, 0.2) is 8.32 Å². The normalized spacial score (nSPS) is 13.1. The molecule has 3 atom stereocenters. The molecule has 0 fully saturated rings. The zero-order valence-corrected chi connectivity index (χ0v) is 24.6. The first kappa shape index (κ1) is 41.1. The number of hydrogen-bond donors (Lipinski definition) is 4. The van der Waals surface area contributed by atoms with Crippen LogP contribution in [-0.4, -0.2) is 46.7 Å². The molecule has 0 aromatic heterocycles. The third-order valence-corrected chi connectivity index (χ3v) is 8.61. The molecule has 0 rings (SSSR count). The summed E-state index contributed by atoms with van der Waals surface area (Å²) in [6.45, 7) is 17.8. The fourth-order valence-corrected chi connectivity index (χ4v) is 5.68. The van der Waals surface area contributed by atoms with Crippen LogP contribution in [0, 0.1) is 0 Å². The number of aliphatic hydroxyl groups is 3. The summed E-state index contributed by atoms with van der Waals surface area (Å²) >= 11 is 0. The molecule has 0 saturated heterocycles. The van der Waals surface area contributed by atoms with Crippen molar-refractivity contribution in [1.29, 1.82) is 0 Å². The van der Waals surface area contributed by atoms with Gasteiger partial charge in [0.05, 0.1) is 18.3 Å². The Morgan fingerprint density at radius 2 is 0.700 bits per heavy atom. The molecule has 6 heteroatoms. The molecule has 3 unspecified atom stereocenters. The van der Waals surface area contributed by atoms with Gasteiger partial charge in [-0.2, -0.15) is 0 Å². The Bertz CT molecular complexity index is 237. The Kier molecular flexibility index (Phi) is 43.7. The second-order valence-corrected chi connectivity index (χ2v) is 12.3. The van der Waals surface area contributed by atoms with Gasteiger partial charge in [-0.1, -0.05) is 80.1 Å². The predicted molar refractivity (Wildman–Crippen MR) is 133 cm³/mol. The van der Waals surface area contributed by atoms with Crippen LogP contribution in [0.1, 0.15) is 120 Å². The fraction of sp³-hybridized carbons (Fsp3) is 1.00.